The van der Waals surface area contributed by atoms with Gasteiger partial charge in [-0.1, -0.05) is 29.8 Å². The molecular weight excluding hydrogens is 412 g/mol. The molecule has 2 heterocycles. The minimum absolute atomic E-state index is 0.0424. The molecule has 0 aromatic heterocycles. The van der Waals surface area contributed by atoms with Gasteiger partial charge < -0.3 is 19.6 Å². The van der Waals surface area contributed by atoms with Crippen molar-refractivity contribution in [2.75, 3.05) is 13.7 Å². The van der Waals surface area contributed by atoms with Gasteiger partial charge in [-0.2, -0.15) is 5.01 Å². The summed E-state index contributed by atoms with van der Waals surface area (Å²) in [6, 6.07) is 21.7. The molecule has 1 N–H and O–H groups in total. The van der Waals surface area contributed by atoms with E-state index in [0.717, 1.165) is 39.6 Å². The number of fused-ring (bicyclic) bond motifs is 3. The van der Waals surface area contributed by atoms with Crippen LogP contribution in [0, 0.1) is 0 Å². The van der Waals surface area contributed by atoms with Crippen LogP contribution >= 0.6 is 11.6 Å². The molecule has 0 fully saturated rings. The topological polar surface area (TPSA) is 43.0 Å². The Morgan fingerprint density at radius 1 is 1.03 bits per heavy atom. The Bertz CT molecular complexity index is 1130. The average molecular weight is 435 g/mol. The SMILES string of the molecule is CCOc1ccccc1C1Oc2ccc(Cl)cc2C2C=C(c3ccc(OC)cc3)NN21. The number of benzene rings is 3. The molecule has 0 bridgehead atoms. The second kappa shape index (κ2) is 8.17. The summed E-state index contributed by atoms with van der Waals surface area (Å²) in [5.74, 6) is 2.45. The van der Waals surface area contributed by atoms with Gasteiger partial charge in [0.05, 0.1) is 31.0 Å². The molecular formula is C25H23ClN2O3. The lowest BCUT2D eigenvalue weighted by Crippen LogP contribution is -2.43. The number of ether oxygens (including phenoxy) is 3. The quantitative estimate of drug-likeness (QED) is 0.554. The first kappa shape index (κ1) is 19.8. The van der Waals surface area contributed by atoms with Crippen molar-refractivity contribution in [1.29, 1.82) is 0 Å². The molecule has 0 spiro atoms. The molecule has 5 nitrogen and oxygen atoms in total. The number of nitrogens with zero attached hydrogens (tertiary/aromatic N) is 1. The van der Waals surface area contributed by atoms with Crippen LogP contribution in [-0.4, -0.2) is 18.7 Å². The summed E-state index contributed by atoms with van der Waals surface area (Å²) in [5, 5.41) is 2.79. The normalized spacial score (nSPS) is 19.5. The highest BCUT2D eigenvalue weighted by Gasteiger charge is 2.41. The van der Waals surface area contributed by atoms with Gasteiger partial charge in [-0.3, -0.25) is 0 Å². The highest BCUT2D eigenvalue weighted by atomic mass is 35.5. The predicted molar refractivity (Wildman–Crippen MR) is 121 cm³/mol. The van der Waals surface area contributed by atoms with Crippen molar-refractivity contribution in [2.45, 2.75) is 19.2 Å². The summed E-state index contributed by atoms with van der Waals surface area (Å²) >= 11 is 6.32. The fourth-order valence-electron chi connectivity index (χ4n) is 4.08. The Morgan fingerprint density at radius 2 is 1.84 bits per heavy atom. The molecule has 0 saturated carbocycles. The molecule has 0 saturated heterocycles. The van der Waals surface area contributed by atoms with Gasteiger partial charge >= 0.3 is 0 Å². The van der Waals surface area contributed by atoms with Crippen molar-refractivity contribution in [3.63, 3.8) is 0 Å². The molecule has 0 amide bonds. The highest BCUT2D eigenvalue weighted by molar-refractivity contribution is 6.30. The maximum absolute atomic E-state index is 6.47. The monoisotopic (exact) mass is 434 g/mol. The molecule has 2 atom stereocenters. The lowest BCUT2D eigenvalue weighted by Gasteiger charge is -2.39. The zero-order valence-electron chi connectivity index (χ0n) is 17.3. The number of methoxy groups -OCH3 is 1. The van der Waals surface area contributed by atoms with E-state index in [0.29, 0.717) is 11.6 Å². The Morgan fingerprint density at radius 3 is 2.61 bits per heavy atom. The Hall–Kier alpha value is -3.15. The first-order valence-corrected chi connectivity index (χ1v) is 10.6. The van der Waals surface area contributed by atoms with E-state index in [1.54, 1.807) is 7.11 Å². The summed E-state index contributed by atoms with van der Waals surface area (Å²) in [5.41, 5.74) is 7.61. The molecule has 2 aliphatic heterocycles. The van der Waals surface area contributed by atoms with Gasteiger partial charge in [0, 0.05) is 10.6 Å². The summed E-state index contributed by atoms with van der Waals surface area (Å²) in [7, 11) is 1.67. The average Bonchev–Trinajstić information content (AvgIpc) is 3.25. The van der Waals surface area contributed by atoms with Crippen molar-refractivity contribution < 1.29 is 14.2 Å². The smallest absolute Gasteiger partial charge is 0.199 e. The summed E-state index contributed by atoms with van der Waals surface area (Å²) in [4.78, 5) is 0. The molecule has 5 rings (SSSR count). The molecule has 31 heavy (non-hydrogen) atoms. The van der Waals surface area contributed by atoms with Gasteiger partial charge in [0.25, 0.3) is 0 Å². The summed E-state index contributed by atoms with van der Waals surface area (Å²) < 4.78 is 17.7. The minimum Gasteiger partial charge on any atom is -0.497 e. The van der Waals surface area contributed by atoms with Crippen LogP contribution in [0.5, 0.6) is 17.2 Å². The second-order valence-electron chi connectivity index (χ2n) is 7.40. The highest BCUT2D eigenvalue weighted by Crippen LogP contribution is 2.48. The van der Waals surface area contributed by atoms with Gasteiger partial charge in [0.2, 0.25) is 0 Å². The largest absolute Gasteiger partial charge is 0.497 e. The minimum atomic E-state index is -0.367. The zero-order valence-corrected chi connectivity index (χ0v) is 18.1. The third-order valence-corrected chi connectivity index (χ3v) is 5.78. The van der Waals surface area contributed by atoms with Crippen LogP contribution in [-0.2, 0) is 0 Å². The van der Waals surface area contributed by atoms with E-state index in [4.69, 9.17) is 25.8 Å². The van der Waals surface area contributed by atoms with Gasteiger partial charge in [0.15, 0.2) is 6.23 Å². The van der Waals surface area contributed by atoms with Gasteiger partial charge in [-0.25, -0.2) is 0 Å². The van der Waals surface area contributed by atoms with Crippen LogP contribution < -0.4 is 19.6 Å². The number of rotatable bonds is 5. The fraction of sp³-hybridized carbons (Fsp3) is 0.200. The Kier molecular flexibility index (Phi) is 5.22. The van der Waals surface area contributed by atoms with Crippen LogP contribution in [0.1, 0.15) is 35.9 Å². The molecule has 2 aliphatic rings. The van der Waals surface area contributed by atoms with Crippen LogP contribution in [0.2, 0.25) is 5.02 Å². The summed E-state index contributed by atoms with van der Waals surface area (Å²) in [6.45, 7) is 2.57. The molecule has 3 aromatic carbocycles. The Balaban J connectivity index is 1.58. The zero-order chi connectivity index (χ0) is 21.4. The third-order valence-electron chi connectivity index (χ3n) is 5.54. The van der Waals surface area contributed by atoms with Crippen molar-refractivity contribution in [3.05, 3.63) is 94.5 Å². The molecule has 2 unspecified atom stereocenters. The third kappa shape index (κ3) is 3.60. The number of halogens is 1. The number of hydrogen-bond acceptors (Lipinski definition) is 5. The van der Waals surface area contributed by atoms with Crippen LogP contribution in [0.25, 0.3) is 5.70 Å². The van der Waals surface area contributed by atoms with E-state index < -0.39 is 0 Å². The van der Waals surface area contributed by atoms with E-state index >= 15 is 0 Å². The first-order valence-electron chi connectivity index (χ1n) is 10.3. The van der Waals surface area contributed by atoms with Crippen LogP contribution in [0.3, 0.4) is 0 Å². The van der Waals surface area contributed by atoms with Crippen molar-refractivity contribution >= 4 is 17.3 Å². The maximum atomic E-state index is 6.47. The van der Waals surface area contributed by atoms with Crippen molar-refractivity contribution in [1.82, 2.24) is 10.4 Å². The lowest BCUT2D eigenvalue weighted by molar-refractivity contribution is -0.0340. The van der Waals surface area contributed by atoms with E-state index in [1.165, 1.54) is 0 Å². The molecule has 6 heteroatoms. The van der Waals surface area contributed by atoms with Gasteiger partial charge in [-0.05, 0) is 67.1 Å². The van der Waals surface area contributed by atoms with E-state index in [-0.39, 0.29) is 12.3 Å². The van der Waals surface area contributed by atoms with Crippen LogP contribution in [0.4, 0.5) is 0 Å². The Labute approximate surface area is 186 Å². The van der Waals surface area contributed by atoms with E-state index in [1.807, 2.05) is 73.7 Å². The van der Waals surface area contributed by atoms with Gasteiger partial charge in [-0.15, -0.1) is 0 Å². The molecule has 3 aromatic rings. The molecule has 0 radical (unpaired) electrons. The predicted octanol–water partition coefficient (Wildman–Crippen LogP) is 5.74. The van der Waals surface area contributed by atoms with Gasteiger partial charge in [0.1, 0.15) is 17.2 Å². The fourth-order valence-corrected chi connectivity index (χ4v) is 4.26. The maximum Gasteiger partial charge on any atom is 0.199 e. The second-order valence-corrected chi connectivity index (χ2v) is 7.83. The van der Waals surface area contributed by atoms with E-state index in [9.17, 15) is 0 Å². The van der Waals surface area contributed by atoms with E-state index in [2.05, 4.69) is 16.5 Å². The molecule has 158 valence electrons. The number of nitrogens with one attached hydrogen (secondary N) is 1. The van der Waals surface area contributed by atoms with Crippen molar-refractivity contribution in [3.8, 4) is 17.2 Å². The standard InChI is InChI=1S/C25H23ClN2O3/c1-3-30-23-7-5-4-6-19(23)25-28-22(20-14-17(26)10-13-24(20)31-25)15-21(27-28)16-8-11-18(29-2)12-9-16/h4-15,22,25,27H,3H2,1-2H3. The number of hydrazine groups is 1. The molecule has 0 aliphatic carbocycles. The first-order chi connectivity index (χ1) is 15.2. The number of para-hydroxylation sites is 1. The lowest BCUT2D eigenvalue weighted by atomic mass is 10.0. The number of hydrogen-bond donors (Lipinski definition) is 1. The van der Waals surface area contributed by atoms with Crippen LogP contribution in [0.15, 0.2) is 72.8 Å². The summed E-state index contributed by atoms with van der Waals surface area (Å²) in [6.07, 6.45) is 1.84. The van der Waals surface area contributed by atoms with Crippen molar-refractivity contribution in [2.24, 2.45) is 0 Å².